The first-order valence-electron chi connectivity index (χ1n) is 4.82. The van der Waals surface area contributed by atoms with Gasteiger partial charge in [0, 0.05) is 12.2 Å². The molecule has 2 heterocycles. The van der Waals surface area contributed by atoms with Crippen LogP contribution in [0, 0.1) is 6.92 Å². The zero-order valence-corrected chi connectivity index (χ0v) is 8.30. The quantitative estimate of drug-likeness (QED) is 0.779. The molecule has 1 aliphatic rings. The number of halogens is 3. The second kappa shape index (κ2) is 3.52. The predicted octanol–water partition coefficient (Wildman–Crippen LogP) is 1.74. The Bertz CT molecular complexity index is 350. The van der Waals surface area contributed by atoms with Gasteiger partial charge in [-0.3, -0.25) is 4.68 Å². The predicted molar refractivity (Wildman–Crippen MR) is 48.5 cm³/mol. The Morgan fingerprint density at radius 3 is 2.73 bits per heavy atom. The zero-order chi connectivity index (χ0) is 11.1. The lowest BCUT2D eigenvalue weighted by Crippen LogP contribution is -2.16. The lowest BCUT2D eigenvalue weighted by atomic mass is 10.2. The Morgan fingerprint density at radius 2 is 2.27 bits per heavy atom. The summed E-state index contributed by atoms with van der Waals surface area (Å²) in [6.07, 6.45) is -3.51. The number of hydrogen-bond acceptors (Lipinski definition) is 2. The molecule has 0 aromatic carbocycles. The number of rotatable bonds is 1. The Kier molecular flexibility index (Phi) is 2.46. The lowest BCUT2D eigenvalue weighted by Gasteiger charge is -2.11. The van der Waals surface area contributed by atoms with Crippen molar-refractivity contribution in [1.29, 1.82) is 0 Å². The number of hydrogen-bond donors (Lipinski definition) is 1. The lowest BCUT2D eigenvalue weighted by molar-refractivity contribution is -0.141. The highest BCUT2D eigenvalue weighted by Crippen LogP contribution is 2.29. The minimum atomic E-state index is -4.35. The molecule has 1 unspecified atom stereocenters. The molecule has 0 amide bonds. The summed E-state index contributed by atoms with van der Waals surface area (Å²) in [5.41, 5.74) is -0.233. The minimum Gasteiger partial charge on any atom is -0.315 e. The molecule has 0 spiro atoms. The Labute approximate surface area is 85.3 Å². The summed E-state index contributed by atoms with van der Waals surface area (Å²) >= 11 is 0. The van der Waals surface area contributed by atoms with Gasteiger partial charge in [0.15, 0.2) is 5.69 Å². The van der Waals surface area contributed by atoms with Crippen molar-refractivity contribution < 1.29 is 13.2 Å². The first kappa shape index (κ1) is 10.5. The van der Waals surface area contributed by atoms with Gasteiger partial charge >= 0.3 is 6.18 Å². The van der Waals surface area contributed by atoms with Crippen LogP contribution in [-0.2, 0) is 6.18 Å². The third-order valence-corrected chi connectivity index (χ3v) is 2.59. The van der Waals surface area contributed by atoms with Gasteiger partial charge in [0.1, 0.15) is 0 Å². The molecule has 0 aliphatic carbocycles. The molecule has 1 fully saturated rings. The molecule has 15 heavy (non-hydrogen) atoms. The monoisotopic (exact) mass is 219 g/mol. The van der Waals surface area contributed by atoms with E-state index in [0.29, 0.717) is 12.2 Å². The van der Waals surface area contributed by atoms with Crippen molar-refractivity contribution in [3.05, 3.63) is 17.5 Å². The molecule has 3 nitrogen and oxygen atoms in total. The highest BCUT2D eigenvalue weighted by molar-refractivity contribution is 5.13. The van der Waals surface area contributed by atoms with E-state index in [1.54, 1.807) is 6.92 Å². The van der Waals surface area contributed by atoms with E-state index in [2.05, 4.69) is 10.4 Å². The Balaban J connectivity index is 2.29. The average Bonchev–Trinajstić information content (AvgIpc) is 2.69. The number of aryl methyl sites for hydroxylation is 1. The van der Waals surface area contributed by atoms with Crippen molar-refractivity contribution in [3.8, 4) is 0 Å². The van der Waals surface area contributed by atoms with Gasteiger partial charge in [-0.15, -0.1) is 0 Å². The van der Waals surface area contributed by atoms with E-state index >= 15 is 0 Å². The summed E-state index contributed by atoms with van der Waals surface area (Å²) in [5.74, 6) is 0. The largest absolute Gasteiger partial charge is 0.435 e. The molecule has 84 valence electrons. The highest BCUT2D eigenvalue weighted by Gasteiger charge is 2.35. The Morgan fingerprint density at radius 1 is 1.53 bits per heavy atom. The third kappa shape index (κ3) is 1.99. The van der Waals surface area contributed by atoms with Crippen LogP contribution in [0.5, 0.6) is 0 Å². The van der Waals surface area contributed by atoms with E-state index in [9.17, 15) is 13.2 Å². The van der Waals surface area contributed by atoms with Crippen molar-refractivity contribution >= 4 is 0 Å². The third-order valence-electron chi connectivity index (χ3n) is 2.59. The van der Waals surface area contributed by atoms with Crippen LogP contribution in [0.1, 0.15) is 23.9 Å². The van der Waals surface area contributed by atoms with Crippen LogP contribution in [-0.4, -0.2) is 22.9 Å². The Hall–Kier alpha value is -1.04. The molecular formula is C9H12F3N3. The van der Waals surface area contributed by atoms with Crippen molar-refractivity contribution in [3.63, 3.8) is 0 Å². The van der Waals surface area contributed by atoms with Gasteiger partial charge in [-0.1, -0.05) is 0 Å². The molecule has 1 N–H and O–H groups in total. The number of nitrogens with one attached hydrogen (secondary N) is 1. The van der Waals surface area contributed by atoms with Crippen molar-refractivity contribution in [1.82, 2.24) is 15.1 Å². The topological polar surface area (TPSA) is 29.9 Å². The molecule has 1 aromatic heterocycles. The minimum absolute atomic E-state index is 0.0566. The van der Waals surface area contributed by atoms with Gasteiger partial charge in [-0.25, -0.2) is 0 Å². The fourth-order valence-electron chi connectivity index (χ4n) is 1.84. The van der Waals surface area contributed by atoms with E-state index in [1.165, 1.54) is 4.68 Å². The smallest absolute Gasteiger partial charge is 0.315 e. The fourth-order valence-corrected chi connectivity index (χ4v) is 1.84. The normalized spacial score (nSPS) is 22.3. The van der Waals surface area contributed by atoms with Gasteiger partial charge in [-0.05, 0) is 26.0 Å². The SMILES string of the molecule is Cc1cc(C(F)(F)F)nn1C1CCNC1. The average molecular weight is 219 g/mol. The van der Waals surface area contributed by atoms with Gasteiger partial charge < -0.3 is 5.32 Å². The van der Waals surface area contributed by atoms with Gasteiger partial charge in [0.2, 0.25) is 0 Å². The van der Waals surface area contributed by atoms with E-state index in [0.717, 1.165) is 19.0 Å². The standard InChI is InChI=1S/C9H12F3N3/c1-6-4-8(9(10,11)12)14-15(6)7-2-3-13-5-7/h4,7,13H,2-3,5H2,1H3. The molecule has 0 saturated carbocycles. The first-order chi connectivity index (χ1) is 6.98. The van der Waals surface area contributed by atoms with E-state index in [1.807, 2.05) is 0 Å². The summed E-state index contributed by atoms with van der Waals surface area (Å²) in [7, 11) is 0. The maximum atomic E-state index is 12.4. The van der Waals surface area contributed by atoms with Crippen LogP contribution in [0.25, 0.3) is 0 Å². The van der Waals surface area contributed by atoms with Crippen LogP contribution in [0.3, 0.4) is 0 Å². The highest BCUT2D eigenvalue weighted by atomic mass is 19.4. The van der Waals surface area contributed by atoms with Crippen molar-refractivity contribution in [2.45, 2.75) is 25.6 Å². The van der Waals surface area contributed by atoms with E-state index in [-0.39, 0.29) is 6.04 Å². The summed E-state index contributed by atoms with van der Waals surface area (Å²) < 4.78 is 38.6. The van der Waals surface area contributed by atoms with Crippen LogP contribution >= 0.6 is 0 Å². The second-order valence-electron chi connectivity index (χ2n) is 3.76. The van der Waals surface area contributed by atoms with Gasteiger partial charge in [0.25, 0.3) is 0 Å². The van der Waals surface area contributed by atoms with Crippen LogP contribution in [0.4, 0.5) is 13.2 Å². The van der Waals surface area contributed by atoms with Crippen molar-refractivity contribution in [2.24, 2.45) is 0 Å². The molecule has 1 saturated heterocycles. The molecular weight excluding hydrogens is 207 g/mol. The van der Waals surface area contributed by atoms with Gasteiger partial charge in [-0.2, -0.15) is 18.3 Å². The summed E-state index contributed by atoms with van der Waals surface area (Å²) in [5, 5.41) is 6.72. The maximum absolute atomic E-state index is 12.4. The molecule has 0 bridgehead atoms. The summed E-state index contributed by atoms with van der Waals surface area (Å²) in [6.45, 7) is 3.19. The molecule has 0 radical (unpaired) electrons. The van der Waals surface area contributed by atoms with Crippen LogP contribution in [0.2, 0.25) is 0 Å². The summed E-state index contributed by atoms with van der Waals surface area (Å²) in [4.78, 5) is 0. The molecule has 1 atom stereocenters. The van der Waals surface area contributed by atoms with Gasteiger partial charge in [0.05, 0.1) is 6.04 Å². The van der Waals surface area contributed by atoms with E-state index < -0.39 is 11.9 Å². The second-order valence-corrected chi connectivity index (χ2v) is 3.76. The molecule has 6 heteroatoms. The van der Waals surface area contributed by atoms with Crippen LogP contribution < -0.4 is 5.32 Å². The molecule has 2 rings (SSSR count). The van der Waals surface area contributed by atoms with E-state index in [4.69, 9.17) is 0 Å². The van der Waals surface area contributed by atoms with Crippen LogP contribution in [0.15, 0.2) is 6.07 Å². The number of aromatic nitrogens is 2. The van der Waals surface area contributed by atoms with Crippen molar-refractivity contribution in [2.75, 3.05) is 13.1 Å². The summed E-state index contributed by atoms with van der Waals surface area (Å²) in [6, 6.07) is 1.15. The molecule has 1 aromatic rings. The first-order valence-corrected chi connectivity index (χ1v) is 4.82. The molecule has 1 aliphatic heterocycles. The zero-order valence-electron chi connectivity index (χ0n) is 8.30. The number of alkyl halides is 3. The number of nitrogens with zero attached hydrogens (tertiary/aromatic N) is 2. The maximum Gasteiger partial charge on any atom is 0.435 e. The fraction of sp³-hybridized carbons (Fsp3) is 0.667.